The van der Waals surface area contributed by atoms with Crippen molar-refractivity contribution in [3.8, 4) is 0 Å². The first-order valence-electron chi connectivity index (χ1n) is 33.8. The summed E-state index contributed by atoms with van der Waals surface area (Å²) in [7, 11) is 0. The minimum Gasteiger partial charge on any atom is -0.394 e. The Morgan fingerprint density at radius 3 is 1.28 bits per heavy atom. The van der Waals surface area contributed by atoms with Crippen LogP contribution in [0.3, 0.4) is 0 Å². The van der Waals surface area contributed by atoms with Crippen LogP contribution < -0.4 is 5.32 Å². The molecule has 492 valence electrons. The molecule has 0 radical (unpaired) electrons. The molecule has 12 atom stereocenters. The molecule has 2 aliphatic heterocycles. The number of nitrogens with one attached hydrogen (secondary N) is 1. The molecule has 9 N–H and O–H groups in total. The van der Waals surface area contributed by atoms with Crippen molar-refractivity contribution in [1.82, 2.24) is 5.32 Å². The molecular formula is C72H121NO13. The summed E-state index contributed by atoms with van der Waals surface area (Å²) < 4.78 is 22.8. The fraction of sp³-hybridized carbons (Fsp3) is 0.708. The first kappa shape index (κ1) is 78.5. The molecule has 86 heavy (non-hydrogen) atoms. The van der Waals surface area contributed by atoms with Crippen LogP contribution in [0, 0.1) is 0 Å². The van der Waals surface area contributed by atoms with Gasteiger partial charge in [-0.05, 0) is 103 Å². The van der Waals surface area contributed by atoms with E-state index in [2.05, 4.69) is 129 Å². The van der Waals surface area contributed by atoms with Crippen molar-refractivity contribution < 1.29 is 64.6 Å². The summed E-state index contributed by atoms with van der Waals surface area (Å²) in [5, 5.41) is 87.2. The normalized spacial score (nSPS) is 24.2. The summed E-state index contributed by atoms with van der Waals surface area (Å²) in [4.78, 5) is 13.3. The molecule has 2 saturated heterocycles. The van der Waals surface area contributed by atoms with E-state index in [0.717, 1.165) is 89.9 Å². The van der Waals surface area contributed by atoms with Gasteiger partial charge in [0, 0.05) is 6.42 Å². The second-order valence-corrected chi connectivity index (χ2v) is 23.2. The Kier molecular flexibility index (Phi) is 50.6. The lowest BCUT2D eigenvalue weighted by Gasteiger charge is -2.46. The zero-order chi connectivity index (χ0) is 62.3. The topological polar surface area (TPSA) is 228 Å². The summed E-state index contributed by atoms with van der Waals surface area (Å²) in [6.07, 6.45) is 64.0. The highest BCUT2D eigenvalue weighted by molar-refractivity contribution is 5.76. The number of allylic oxidation sites excluding steroid dienone is 19. The van der Waals surface area contributed by atoms with Crippen molar-refractivity contribution in [3.63, 3.8) is 0 Å². The molecule has 0 aromatic heterocycles. The largest absolute Gasteiger partial charge is 0.394 e. The highest BCUT2D eigenvalue weighted by Crippen LogP contribution is 2.30. The molecule has 1 amide bonds. The number of aliphatic hydroxyl groups excluding tert-OH is 8. The summed E-state index contributed by atoms with van der Waals surface area (Å²) in [6, 6.07) is -0.944. The number of ether oxygens (including phenoxy) is 4. The zero-order valence-corrected chi connectivity index (χ0v) is 53.3. The maximum atomic E-state index is 13.3. The number of rotatable bonds is 53. The molecule has 0 aromatic carbocycles. The van der Waals surface area contributed by atoms with Gasteiger partial charge in [-0.3, -0.25) is 4.79 Å². The average molecular weight is 1210 g/mol. The lowest BCUT2D eigenvalue weighted by molar-refractivity contribution is -0.359. The predicted octanol–water partition coefficient (Wildman–Crippen LogP) is 13.3. The third kappa shape index (κ3) is 39.4. The molecule has 14 heteroatoms. The first-order valence-corrected chi connectivity index (χ1v) is 33.8. The number of aliphatic hydroxyl groups is 8. The maximum absolute atomic E-state index is 13.3. The van der Waals surface area contributed by atoms with Gasteiger partial charge in [-0.2, -0.15) is 0 Å². The highest BCUT2D eigenvalue weighted by Gasteiger charge is 2.51. The Morgan fingerprint density at radius 1 is 0.430 bits per heavy atom. The van der Waals surface area contributed by atoms with Crippen molar-refractivity contribution in [3.05, 3.63) is 122 Å². The van der Waals surface area contributed by atoms with Crippen molar-refractivity contribution in [2.45, 2.75) is 306 Å². The van der Waals surface area contributed by atoms with E-state index in [-0.39, 0.29) is 18.9 Å². The Hall–Kier alpha value is -3.61. The molecule has 2 heterocycles. The number of unbranched alkanes of at least 4 members (excludes halogenated alkanes) is 22. The van der Waals surface area contributed by atoms with E-state index in [1.807, 2.05) is 6.08 Å². The fourth-order valence-corrected chi connectivity index (χ4v) is 10.2. The number of hydrogen-bond donors (Lipinski definition) is 9. The standard InChI is InChI=1S/C72H121NO13/c1-3-5-7-9-11-13-15-17-19-20-21-22-23-24-25-26-27-28-29-30-31-32-33-34-35-36-37-38-39-40-42-44-46-48-50-52-54-56-64(77)73-60(61(76)55-53-51-49-47-45-43-41-18-16-14-12-10-8-6-4-2)59-83-71-69(82)67(80)70(63(58-75)85-71)86-72-68(81)66(79)65(78)62(57-74)84-72/h5,7,11,13,16-19,21-22,24-25,27-28,30-31,45,47,53,55,60-63,65-72,74-76,78-82H,3-4,6,8-10,12,14-15,20,23,26,29,32-44,46,48-52,54,56-59H2,1-2H3,(H,73,77)/b7-5-,13-11-,18-16+,19-17-,22-21-,25-24-,28-27-,31-30-,47-45+,55-53+. The van der Waals surface area contributed by atoms with Crippen LogP contribution in [0.2, 0.25) is 0 Å². The van der Waals surface area contributed by atoms with Crippen molar-refractivity contribution in [2.75, 3.05) is 19.8 Å². The van der Waals surface area contributed by atoms with E-state index < -0.39 is 86.8 Å². The Labute approximate surface area is 520 Å². The van der Waals surface area contributed by atoms with Gasteiger partial charge in [0.25, 0.3) is 0 Å². The molecule has 12 unspecified atom stereocenters. The van der Waals surface area contributed by atoms with Crippen molar-refractivity contribution >= 4 is 5.91 Å². The predicted molar refractivity (Wildman–Crippen MR) is 350 cm³/mol. The fourth-order valence-electron chi connectivity index (χ4n) is 10.2. The number of carbonyl (C=O) groups is 1. The molecule has 2 rings (SSSR count). The van der Waals surface area contributed by atoms with Gasteiger partial charge >= 0.3 is 0 Å². The van der Waals surface area contributed by atoms with Crippen molar-refractivity contribution in [2.24, 2.45) is 0 Å². The third-order valence-electron chi connectivity index (χ3n) is 15.6. The van der Waals surface area contributed by atoms with Gasteiger partial charge < -0.3 is 65.1 Å². The van der Waals surface area contributed by atoms with Gasteiger partial charge in [0.15, 0.2) is 12.6 Å². The van der Waals surface area contributed by atoms with E-state index in [1.165, 1.54) is 109 Å². The zero-order valence-electron chi connectivity index (χ0n) is 53.3. The third-order valence-corrected chi connectivity index (χ3v) is 15.6. The molecule has 0 saturated carbocycles. The molecule has 2 aliphatic rings. The molecule has 0 aromatic rings. The van der Waals surface area contributed by atoms with Crippen LogP contribution in [-0.4, -0.2) is 140 Å². The van der Waals surface area contributed by atoms with Crippen molar-refractivity contribution in [1.29, 1.82) is 0 Å². The van der Waals surface area contributed by atoms with Gasteiger partial charge in [-0.1, -0.05) is 245 Å². The SMILES string of the molecule is CC/C=C\C/C=C\C/C=C\C/C=C\C/C=C\C/C=C\C/C=C\CCCCCCCCCCCCCCCCCC(=O)NC(COC1OC(CO)C(OC2OC(CO)C(O)C(O)C2O)C(O)C1O)C(O)/C=C/CC/C=C/CC/C=C/CCCCCCC. The van der Waals surface area contributed by atoms with Gasteiger partial charge in [-0.15, -0.1) is 0 Å². The van der Waals surface area contributed by atoms with Crippen LogP contribution in [0.1, 0.15) is 232 Å². The number of hydrogen-bond acceptors (Lipinski definition) is 13. The first-order chi connectivity index (χ1) is 42.1. The van der Waals surface area contributed by atoms with Gasteiger partial charge in [0.05, 0.1) is 32.0 Å². The quantitative estimate of drug-likeness (QED) is 0.0204. The molecule has 0 aliphatic carbocycles. The second kappa shape index (κ2) is 55.5. The van der Waals surface area contributed by atoms with E-state index in [1.54, 1.807) is 6.08 Å². The molecular weight excluding hydrogens is 1090 g/mol. The Balaban J connectivity index is 1.63. The van der Waals surface area contributed by atoms with Gasteiger partial charge in [0.2, 0.25) is 5.91 Å². The summed E-state index contributed by atoms with van der Waals surface area (Å²) >= 11 is 0. The summed E-state index contributed by atoms with van der Waals surface area (Å²) in [5.74, 6) is -0.258. The smallest absolute Gasteiger partial charge is 0.220 e. The van der Waals surface area contributed by atoms with Crippen LogP contribution >= 0.6 is 0 Å². The Morgan fingerprint density at radius 2 is 0.814 bits per heavy atom. The van der Waals surface area contributed by atoms with Gasteiger partial charge in [-0.25, -0.2) is 0 Å². The highest BCUT2D eigenvalue weighted by atomic mass is 16.7. The molecule has 14 nitrogen and oxygen atoms in total. The van der Waals surface area contributed by atoms with Crippen LogP contribution in [0.25, 0.3) is 0 Å². The van der Waals surface area contributed by atoms with E-state index >= 15 is 0 Å². The van der Waals surface area contributed by atoms with E-state index in [4.69, 9.17) is 18.9 Å². The number of carbonyl (C=O) groups excluding carboxylic acids is 1. The van der Waals surface area contributed by atoms with Crippen LogP contribution in [0.15, 0.2) is 122 Å². The lowest BCUT2D eigenvalue weighted by atomic mass is 9.97. The monoisotopic (exact) mass is 1210 g/mol. The molecule has 0 spiro atoms. The summed E-state index contributed by atoms with van der Waals surface area (Å²) in [5.41, 5.74) is 0. The number of amides is 1. The van der Waals surface area contributed by atoms with Crippen LogP contribution in [-0.2, 0) is 23.7 Å². The minimum absolute atomic E-state index is 0.258. The van der Waals surface area contributed by atoms with Gasteiger partial charge in [0.1, 0.15) is 48.8 Å². The lowest BCUT2D eigenvalue weighted by Crippen LogP contribution is -2.65. The van der Waals surface area contributed by atoms with E-state index in [9.17, 15) is 45.6 Å². The summed E-state index contributed by atoms with van der Waals surface area (Å²) in [6.45, 7) is 2.63. The van der Waals surface area contributed by atoms with Crippen LogP contribution in [0.4, 0.5) is 0 Å². The average Bonchev–Trinajstić information content (AvgIpc) is 1.83. The second-order valence-electron chi connectivity index (χ2n) is 23.2. The Bertz CT molecular complexity index is 1910. The maximum Gasteiger partial charge on any atom is 0.220 e. The molecule has 0 bridgehead atoms. The minimum atomic E-state index is -1.80. The molecule has 2 fully saturated rings. The van der Waals surface area contributed by atoms with Crippen LogP contribution in [0.5, 0.6) is 0 Å². The van der Waals surface area contributed by atoms with E-state index in [0.29, 0.717) is 12.8 Å².